The predicted molar refractivity (Wildman–Crippen MR) is 71.4 cm³/mol. The summed E-state index contributed by atoms with van der Waals surface area (Å²) in [6.45, 7) is 4.54. The van der Waals surface area contributed by atoms with Crippen molar-refractivity contribution in [1.29, 1.82) is 0 Å². The van der Waals surface area contributed by atoms with Crippen molar-refractivity contribution in [3.05, 3.63) is 5.82 Å². The predicted octanol–water partition coefficient (Wildman–Crippen LogP) is 0.957. The molecule has 1 rings (SSSR count). The van der Waals surface area contributed by atoms with Crippen molar-refractivity contribution >= 4 is 28.5 Å². The highest BCUT2D eigenvalue weighted by Crippen LogP contribution is 2.21. The van der Waals surface area contributed by atoms with Gasteiger partial charge in [-0.3, -0.25) is 9.00 Å². The third kappa shape index (κ3) is 4.41. The average Bonchev–Trinajstić information content (AvgIpc) is 2.66. The van der Waals surface area contributed by atoms with Crippen molar-refractivity contribution in [3.8, 4) is 0 Å². The smallest absolute Gasteiger partial charge is 0.313 e. The molecule has 1 atom stereocenters. The second kappa shape index (κ2) is 6.89. The summed E-state index contributed by atoms with van der Waals surface area (Å²) in [7, 11) is -0.895. The number of rotatable bonds is 7. The van der Waals surface area contributed by atoms with Gasteiger partial charge >= 0.3 is 5.97 Å². The second-order valence-electron chi connectivity index (χ2n) is 4.11. The maximum Gasteiger partial charge on any atom is 0.313 e. The minimum atomic E-state index is -0.895. The Kier molecular flexibility index (Phi) is 5.80. The van der Waals surface area contributed by atoms with Gasteiger partial charge in [0.1, 0.15) is 5.82 Å². The molecule has 1 aromatic rings. The number of nitrogens with zero attached hydrogens (tertiary/aromatic N) is 3. The van der Waals surface area contributed by atoms with Gasteiger partial charge in [-0.05, 0) is 0 Å². The minimum absolute atomic E-state index is 0.0502. The minimum Gasteiger partial charge on any atom is -0.481 e. The first kappa shape index (κ1) is 15.2. The molecule has 1 N–H and O–H groups in total. The van der Waals surface area contributed by atoms with Crippen LogP contribution in [0.4, 0.5) is 0 Å². The lowest BCUT2D eigenvalue weighted by Crippen LogP contribution is -2.12. The van der Waals surface area contributed by atoms with Gasteiger partial charge < -0.3 is 9.67 Å². The number of carbonyl (C=O) groups is 1. The molecule has 0 bridgehead atoms. The molecule has 1 heterocycles. The number of hydrogen-bond donors (Lipinski definition) is 1. The molecule has 1 aromatic heterocycles. The zero-order chi connectivity index (χ0) is 13.7. The van der Waals surface area contributed by atoms with Crippen LogP contribution in [0.1, 0.15) is 25.6 Å². The van der Waals surface area contributed by atoms with E-state index in [0.29, 0.717) is 17.5 Å². The Balaban J connectivity index is 2.88. The normalized spacial score (nSPS) is 12.9. The zero-order valence-electron chi connectivity index (χ0n) is 10.6. The van der Waals surface area contributed by atoms with Gasteiger partial charge in [-0.15, -0.1) is 10.2 Å². The highest BCUT2D eigenvalue weighted by atomic mass is 32.2. The van der Waals surface area contributed by atoms with Crippen molar-refractivity contribution in [2.24, 2.45) is 0 Å². The van der Waals surface area contributed by atoms with Crippen molar-refractivity contribution in [2.45, 2.75) is 31.5 Å². The van der Waals surface area contributed by atoms with E-state index in [1.165, 1.54) is 0 Å². The van der Waals surface area contributed by atoms with Gasteiger partial charge in [-0.25, -0.2) is 0 Å². The van der Waals surface area contributed by atoms with Crippen LogP contribution in [0, 0.1) is 0 Å². The summed E-state index contributed by atoms with van der Waals surface area (Å²) in [5.74, 6) is 0.569. The number of hydrogen-bond acceptors (Lipinski definition) is 5. The summed E-state index contributed by atoms with van der Waals surface area (Å²) in [4.78, 5) is 10.6. The summed E-state index contributed by atoms with van der Waals surface area (Å²) in [6, 6.07) is 0. The quantitative estimate of drug-likeness (QED) is 0.753. The third-order valence-electron chi connectivity index (χ3n) is 2.19. The maximum atomic E-state index is 11.2. The Bertz CT molecular complexity index is 446. The molecule has 8 heteroatoms. The fourth-order valence-corrected chi connectivity index (χ4v) is 2.52. The van der Waals surface area contributed by atoms with Crippen LogP contribution in [0.5, 0.6) is 0 Å². The molecular formula is C10H17N3O3S2. The zero-order valence-corrected chi connectivity index (χ0v) is 12.3. The van der Waals surface area contributed by atoms with E-state index in [2.05, 4.69) is 10.2 Å². The van der Waals surface area contributed by atoms with Crippen molar-refractivity contribution in [3.63, 3.8) is 0 Å². The van der Waals surface area contributed by atoms with E-state index in [1.807, 2.05) is 18.4 Å². The van der Waals surface area contributed by atoms with Crippen LogP contribution >= 0.6 is 11.8 Å². The fourth-order valence-electron chi connectivity index (χ4n) is 1.39. The van der Waals surface area contributed by atoms with Crippen LogP contribution in [0.25, 0.3) is 0 Å². The van der Waals surface area contributed by atoms with Gasteiger partial charge in [0.25, 0.3) is 0 Å². The molecule has 1 unspecified atom stereocenters. The van der Waals surface area contributed by atoms with Crippen LogP contribution in [0.2, 0.25) is 0 Å². The van der Waals surface area contributed by atoms with Crippen molar-refractivity contribution in [2.75, 3.05) is 17.8 Å². The second-order valence-corrected chi connectivity index (χ2v) is 6.60. The molecule has 0 aliphatic carbocycles. The molecule has 0 aliphatic rings. The standard InChI is InChI=1S/C10H17N3O3S2/c1-7(2)9-11-12-10(17-6-8(14)15)13(9)4-5-18(3)16/h7H,4-6H2,1-3H3,(H,14,15). The number of aromatic nitrogens is 3. The summed E-state index contributed by atoms with van der Waals surface area (Å²) in [5, 5.41) is 17.3. The van der Waals surface area contributed by atoms with E-state index >= 15 is 0 Å². The lowest BCUT2D eigenvalue weighted by molar-refractivity contribution is -0.133. The van der Waals surface area contributed by atoms with Crippen molar-refractivity contribution in [1.82, 2.24) is 14.8 Å². The average molecular weight is 291 g/mol. The number of aliphatic carboxylic acids is 1. The van der Waals surface area contributed by atoms with Gasteiger partial charge in [0, 0.05) is 35.3 Å². The van der Waals surface area contributed by atoms with Crippen molar-refractivity contribution < 1.29 is 14.1 Å². The summed E-state index contributed by atoms with van der Waals surface area (Å²) in [6.07, 6.45) is 1.64. The van der Waals surface area contributed by atoms with Crippen LogP contribution < -0.4 is 0 Å². The van der Waals surface area contributed by atoms with Gasteiger partial charge in [0.05, 0.1) is 5.75 Å². The van der Waals surface area contributed by atoms with Crippen LogP contribution in [0.3, 0.4) is 0 Å². The molecular weight excluding hydrogens is 274 g/mol. The summed E-state index contributed by atoms with van der Waals surface area (Å²) in [5.41, 5.74) is 0. The molecule has 0 aromatic carbocycles. The van der Waals surface area contributed by atoms with Crippen LogP contribution in [-0.2, 0) is 22.1 Å². The molecule has 0 amide bonds. The molecule has 6 nitrogen and oxygen atoms in total. The summed E-state index contributed by atoms with van der Waals surface area (Å²) >= 11 is 1.14. The monoisotopic (exact) mass is 291 g/mol. The molecule has 0 aliphatic heterocycles. The lowest BCUT2D eigenvalue weighted by atomic mass is 10.2. The lowest BCUT2D eigenvalue weighted by Gasteiger charge is -2.10. The van der Waals surface area contributed by atoms with E-state index < -0.39 is 16.8 Å². The molecule has 0 saturated heterocycles. The van der Waals surface area contributed by atoms with Gasteiger partial charge in [0.2, 0.25) is 0 Å². The first-order chi connectivity index (χ1) is 8.41. The van der Waals surface area contributed by atoms with E-state index in [0.717, 1.165) is 17.6 Å². The first-order valence-electron chi connectivity index (χ1n) is 5.49. The maximum absolute atomic E-state index is 11.2. The molecule has 0 fully saturated rings. The topological polar surface area (TPSA) is 85.1 Å². The Morgan fingerprint density at radius 2 is 2.17 bits per heavy atom. The first-order valence-corrected chi connectivity index (χ1v) is 8.20. The Labute approximate surface area is 113 Å². The van der Waals surface area contributed by atoms with Crippen LogP contribution in [-0.4, -0.2) is 47.8 Å². The van der Waals surface area contributed by atoms with E-state index in [4.69, 9.17) is 5.11 Å². The SMILES string of the molecule is CC(C)c1nnc(SCC(=O)O)n1CCS(C)=O. The van der Waals surface area contributed by atoms with Crippen LogP contribution in [0.15, 0.2) is 5.16 Å². The largest absolute Gasteiger partial charge is 0.481 e. The summed E-state index contributed by atoms with van der Waals surface area (Å²) < 4.78 is 13.0. The molecule has 0 spiro atoms. The third-order valence-corrected chi connectivity index (χ3v) is 3.90. The molecule has 102 valence electrons. The number of carboxylic acid groups (broad SMARTS) is 1. The van der Waals surface area contributed by atoms with Gasteiger partial charge in [-0.1, -0.05) is 25.6 Å². The van der Waals surface area contributed by atoms with Gasteiger partial charge in [0.15, 0.2) is 5.16 Å². The fraction of sp³-hybridized carbons (Fsp3) is 0.700. The number of thioether (sulfide) groups is 1. The van der Waals surface area contributed by atoms with E-state index in [9.17, 15) is 9.00 Å². The van der Waals surface area contributed by atoms with E-state index in [1.54, 1.807) is 6.26 Å². The number of carboxylic acids is 1. The van der Waals surface area contributed by atoms with Gasteiger partial charge in [-0.2, -0.15) is 0 Å². The molecule has 18 heavy (non-hydrogen) atoms. The Hall–Kier alpha value is -0.890. The Morgan fingerprint density at radius 3 is 2.67 bits per heavy atom. The molecule has 0 saturated carbocycles. The molecule has 0 radical (unpaired) electrons. The Morgan fingerprint density at radius 1 is 1.50 bits per heavy atom. The van der Waals surface area contributed by atoms with E-state index in [-0.39, 0.29) is 11.7 Å². The highest BCUT2D eigenvalue weighted by Gasteiger charge is 2.16. The highest BCUT2D eigenvalue weighted by molar-refractivity contribution is 7.99.